The van der Waals surface area contributed by atoms with Crippen molar-refractivity contribution in [3.8, 4) is 0 Å². The molecule has 2 N–H and O–H groups in total. The topological polar surface area (TPSA) is 35.5 Å². The van der Waals surface area contributed by atoms with E-state index in [4.69, 9.17) is 0 Å². The van der Waals surface area contributed by atoms with Crippen molar-refractivity contribution in [2.24, 2.45) is 0 Å². The monoisotopic (exact) mass is 224 g/mol. The maximum absolute atomic E-state index is 10.7. The molecule has 3 heterocycles. The average molecular weight is 224 g/mol. The van der Waals surface area contributed by atoms with E-state index in [-0.39, 0.29) is 0 Å². The van der Waals surface area contributed by atoms with Gasteiger partial charge in [-0.25, -0.2) is 0 Å². The highest BCUT2D eigenvalue weighted by atomic mass is 16.3. The van der Waals surface area contributed by atoms with Crippen LogP contribution in [-0.2, 0) is 0 Å². The second kappa shape index (κ2) is 4.28. The third-order valence-electron chi connectivity index (χ3n) is 4.55. The van der Waals surface area contributed by atoms with E-state index >= 15 is 0 Å². The van der Waals surface area contributed by atoms with Crippen LogP contribution in [0.2, 0.25) is 0 Å². The van der Waals surface area contributed by atoms with Crippen molar-refractivity contribution < 1.29 is 5.11 Å². The molecule has 0 aliphatic carbocycles. The molecule has 92 valence electrons. The number of piperidine rings is 2. The first-order valence-electron chi connectivity index (χ1n) is 6.94. The number of nitrogens with one attached hydrogen (secondary N) is 1. The molecule has 0 aromatic carbocycles. The maximum Gasteiger partial charge on any atom is 0.0803 e. The van der Waals surface area contributed by atoms with Gasteiger partial charge in [-0.2, -0.15) is 0 Å². The molecule has 0 saturated carbocycles. The van der Waals surface area contributed by atoms with E-state index in [0.717, 1.165) is 19.4 Å². The van der Waals surface area contributed by atoms with Gasteiger partial charge in [-0.05, 0) is 51.6 Å². The lowest BCUT2D eigenvalue weighted by atomic mass is 9.86. The van der Waals surface area contributed by atoms with Crippen molar-refractivity contribution in [1.82, 2.24) is 10.2 Å². The molecule has 0 aromatic heterocycles. The molecule has 3 heteroatoms. The molecule has 3 saturated heterocycles. The molecule has 3 fully saturated rings. The van der Waals surface area contributed by atoms with Gasteiger partial charge in [0.2, 0.25) is 0 Å². The minimum absolute atomic E-state index is 0.394. The van der Waals surface area contributed by atoms with Gasteiger partial charge in [0, 0.05) is 18.6 Å². The molecule has 3 rings (SSSR count). The lowest BCUT2D eigenvalue weighted by molar-refractivity contribution is -0.0378. The number of nitrogens with zero attached hydrogens (tertiary/aromatic N) is 1. The maximum atomic E-state index is 10.7. The summed E-state index contributed by atoms with van der Waals surface area (Å²) in [4.78, 5) is 2.48. The Labute approximate surface area is 98.2 Å². The fraction of sp³-hybridized carbons (Fsp3) is 1.00. The summed E-state index contributed by atoms with van der Waals surface area (Å²) in [7, 11) is 0. The minimum atomic E-state index is -0.394. The molecule has 3 nitrogen and oxygen atoms in total. The van der Waals surface area contributed by atoms with Gasteiger partial charge in [0.15, 0.2) is 0 Å². The Morgan fingerprint density at radius 1 is 1.06 bits per heavy atom. The Morgan fingerprint density at radius 2 is 1.69 bits per heavy atom. The first-order valence-corrected chi connectivity index (χ1v) is 6.94. The van der Waals surface area contributed by atoms with Gasteiger partial charge in [-0.1, -0.05) is 6.42 Å². The fourth-order valence-electron chi connectivity index (χ4n) is 3.89. The van der Waals surface area contributed by atoms with Crippen LogP contribution in [0.5, 0.6) is 0 Å². The predicted molar refractivity (Wildman–Crippen MR) is 64.4 cm³/mol. The molecule has 2 bridgehead atoms. The van der Waals surface area contributed by atoms with Gasteiger partial charge >= 0.3 is 0 Å². The molecule has 3 aliphatic heterocycles. The van der Waals surface area contributed by atoms with Gasteiger partial charge in [-0.3, -0.25) is 0 Å². The number of hydrogen-bond donors (Lipinski definition) is 2. The Morgan fingerprint density at radius 3 is 2.31 bits per heavy atom. The van der Waals surface area contributed by atoms with Crippen molar-refractivity contribution in [2.45, 2.75) is 62.6 Å². The number of aliphatic hydroxyl groups is 1. The molecular weight excluding hydrogens is 200 g/mol. The van der Waals surface area contributed by atoms with E-state index < -0.39 is 5.60 Å². The summed E-state index contributed by atoms with van der Waals surface area (Å²) in [5.74, 6) is 0. The Balaban J connectivity index is 1.60. The zero-order valence-electron chi connectivity index (χ0n) is 10.1. The highest BCUT2D eigenvalue weighted by Crippen LogP contribution is 2.34. The van der Waals surface area contributed by atoms with Crippen molar-refractivity contribution >= 4 is 0 Å². The van der Waals surface area contributed by atoms with E-state index in [1.165, 1.54) is 45.2 Å². The highest BCUT2D eigenvalue weighted by molar-refractivity contribution is 5.01. The van der Waals surface area contributed by atoms with Crippen LogP contribution >= 0.6 is 0 Å². The number of rotatable bonds is 2. The van der Waals surface area contributed by atoms with Gasteiger partial charge in [0.05, 0.1) is 5.60 Å². The van der Waals surface area contributed by atoms with Gasteiger partial charge in [-0.15, -0.1) is 0 Å². The number of fused-ring (bicyclic) bond motifs is 2. The van der Waals surface area contributed by atoms with Crippen LogP contribution in [0.25, 0.3) is 0 Å². The first-order chi connectivity index (χ1) is 7.73. The lowest BCUT2D eigenvalue weighted by Crippen LogP contribution is -2.54. The highest BCUT2D eigenvalue weighted by Gasteiger charge is 2.43. The van der Waals surface area contributed by atoms with E-state index in [9.17, 15) is 5.11 Å². The molecule has 0 aromatic rings. The summed E-state index contributed by atoms with van der Waals surface area (Å²) in [5.41, 5.74) is -0.394. The zero-order valence-corrected chi connectivity index (χ0v) is 10.1. The van der Waals surface area contributed by atoms with Crippen LogP contribution in [0, 0.1) is 0 Å². The van der Waals surface area contributed by atoms with Crippen LogP contribution in [0.15, 0.2) is 0 Å². The van der Waals surface area contributed by atoms with Gasteiger partial charge < -0.3 is 15.3 Å². The average Bonchev–Trinajstić information content (AvgIpc) is 2.59. The largest absolute Gasteiger partial charge is 0.388 e. The Kier molecular flexibility index (Phi) is 2.94. The fourth-order valence-corrected chi connectivity index (χ4v) is 3.89. The Bertz CT molecular complexity index is 238. The molecule has 0 amide bonds. The van der Waals surface area contributed by atoms with Crippen LogP contribution in [0.4, 0.5) is 0 Å². The molecule has 0 radical (unpaired) electrons. The number of likely N-dealkylation sites (tertiary alicyclic amines) is 1. The molecule has 2 atom stereocenters. The third kappa shape index (κ3) is 2.27. The molecular formula is C13H24N2O. The van der Waals surface area contributed by atoms with E-state index in [0.29, 0.717) is 12.1 Å². The number of β-amino-alcohol motifs (C(OH)–C–C–N with tert-alkyl or cyclic N) is 1. The second-order valence-electron chi connectivity index (χ2n) is 6.11. The summed E-state index contributed by atoms with van der Waals surface area (Å²) >= 11 is 0. The number of hydrogen-bond acceptors (Lipinski definition) is 3. The Hall–Kier alpha value is -0.120. The summed E-state index contributed by atoms with van der Waals surface area (Å²) in [6.07, 6.45) is 8.50. The molecule has 16 heavy (non-hydrogen) atoms. The van der Waals surface area contributed by atoms with E-state index in [1.807, 2.05) is 0 Å². The van der Waals surface area contributed by atoms with Crippen LogP contribution in [0.3, 0.4) is 0 Å². The molecule has 0 spiro atoms. The van der Waals surface area contributed by atoms with Crippen LogP contribution < -0.4 is 5.32 Å². The normalized spacial score (nSPS) is 44.8. The van der Waals surface area contributed by atoms with Crippen LogP contribution in [-0.4, -0.2) is 47.3 Å². The zero-order chi connectivity index (χ0) is 11.0. The quantitative estimate of drug-likeness (QED) is 0.738. The third-order valence-corrected chi connectivity index (χ3v) is 4.55. The van der Waals surface area contributed by atoms with Crippen molar-refractivity contribution in [3.05, 3.63) is 0 Å². The predicted octanol–water partition coefficient (Wildman–Crippen LogP) is 1.12. The molecule has 3 aliphatic rings. The summed E-state index contributed by atoms with van der Waals surface area (Å²) < 4.78 is 0. The van der Waals surface area contributed by atoms with E-state index in [2.05, 4.69) is 10.2 Å². The molecule has 2 unspecified atom stereocenters. The van der Waals surface area contributed by atoms with Gasteiger partial charge in [0.25, 0.3) is 0 Å². The SMILES string of the molecule is OC1(CN2CCCCC2)CC2CCC(C1)N2. The summed E-state index contributed by atoms with van der Waals surface area (Å²) in [5, 5.41) is 14.3. The van der Waals surface area contributed by atoms with Gasteiger partial charge in [0.1, 0.15) is 0 Å². The van der Waals surface area contributed by atoms with Crippen molar-refractivity contribution in [3.63, 3.8) is 0 Å². The lowest BCUT2D eigenvalue weighted by Gasteiger charge is -2.41. The first kappa shape index (κ1) is 11.0. The van der Waals surface area contributed by atoms with Crippen molar-refractivity contribution in [2.75, 3.05) is 19.6 Å². The van der Waals surface area contributed by atoms with Crippen LogP contribution in [0.1, 0.15) is 44.9 Å². The second-order valence-corrected chi connectivity index (χ2v) is 6.11. The summed E-state index contributed by atoms with van der Waals surface area (Å²) in [6.45, 7) is 3.32. The smallest absolute Gasteiger partial charge is 0.0803 e. The van der Waals surface area contributed by atoms with E-state index in [1.54, 1.807) is 0 Å². The van der Waals surface area contributed by atoms with Crippen molar-refractivity contribution in [1.29, 1.82) is 0 Å². The minimum Gasteiger partial charge on any atom is -0.388 e. The standard InChI is InChI=1S/C13H24N2O/c16-13(10-15-6-2-1-3-7-15)8-11-4-5-12(9-13)14-11/h11-12,14,16H,1-10H2. The summed E-state index contributed by atoms with van der Waals surface area (Å²) in [6, 6.07) is 1.18.